The van der Waals surface area contributed by atoms with E-state index in [1.807, 2.05) is 12.1 Å². The van der Waals surface area contributed by atoms with Gasteiger partial charge in [0.1, 0.15) is 0 Å². The van der Waals surface area contributed by atoms with Gasteiger partial charge in [0, 0.05) is 17.7 Å². The van der Waals surface area contributed by atoms with E-state index >= 15 is 0 Å². The highest BCUT2D eigenvalue weighted by molar-refractivity contribution is 7.14. The smallest absolute Gasteiger partial charge is 0.345 e. The monoisotopic (exact) mass is 316 g/mol. The summed E-state index contributed by atoms with van der Waals surface area (Å²) in [5.74, 6) is 0.287. The van der Waals surface area contributed by atoms with E-state index < -0.39 is 5.63 Å². The largest absolute Gasteiger partial charge is 0.493 e. The number of fused-ring (bicyclic) bond motifs is 1. The fourth-order valence-electron chi connectivity index (χ4n) is 2.06. The van der Waals surface area contributed by atoms with Crippen LogP contribution >= 0.6 is 11.3 Å². The zero-order valence-electron chi connectivity index (χ0n) is 11.9. The number of carbonyl (C=O) groups excluding carboxylic acids is 1. The van der Waals surface area contributed by atoms with Gasteiger partial charge in [-0.25, -0.2) is 9.78 Å². The van der Waals surface area contributed by atoms with Crippen molar-refractivity contribution in [2.45, 2.75) is 6.92 Å². The third-order valence-corrected chi connectivity index (χ3v) is 3.76. The molecule has 0 bridgehead atoms. The zero-order valence-corrected chi connectivity index (χ0v) is 12.7. The molecular weight excluding hydrogens is 304 g/mol. The molecule has 0 fully saturated rings. The Morgan fingerprint density at radius 3 is 2.95 bits per heavy atom. The van der Waals surface area contributed by atoms with Crippen molar-refractivity contribution in [2.24, 2.45) is 0 Å². The lowest BCUT2D eigenvalue weighted by molar-refractivity contribution is -0.114. The van der Waals surface area contributed by atoms with Gasteiger partial charge in [0.2, 0.25) is 5.91 Å². The van der Waals surface area contributed by atoms with E-state index in [4.69, 9.17) is 9.15 Å². The average Bonchev–Trinajstić information content (AvgIpc) is 2.93. The predicted octanol–water partition coefficient (Wildman–Crippen LogP) is 2.88. The van der Waals surface area contributed by atoms with Gasteiger partial charge in [0.05, 0.1) is 18.4 Å². The van der Waals surface area contributed by atoms with Gasteiger partial charge < -0.3 is 14.5 Å². The second-order valence-corrected chi connectivity index (χ2v) is 5.40. The summed E-state index contributed by atoms with van der Waals surface area (Å²) in [6, 6.07) is 7.07. The molecule has 0 spiro atoms. The van der Waals surface area contributed by atoms with Gasteiger partial charge in [0.15, 0.2) is 16.5 Å². The molecule has 0 aliphatic rings. The second-order valence-electron chi connectivity index (χ2n) is 4.55. The van der Waals surface area contributed by atoms with E-state index in [0.29, 0.717) is 27.7 Å². The highest BCUT2D eigenvalue weighted by atomic mass is 32.1. The van der Waals surface area contributed by atoms with E-state index in [9.17, 15) is 9.59 Å². The Labute approximate surface area is 129 Å². The van der Waals surface area contributed by atoms with E-state index in [1.165, 1.54) is 25.4 Å². The molecule has 0 saturated heterocycles. The first-order valence-corrected chi connectivity index (χ1v) is 7.31. The molecule has 0 unspecified atom stereocenters. The first kappa shape index (κ1) is 14.3. The Balaban J connectivity index is 2.11. The number of rotatable bonds is 3. The third kappa shape index (κ3) is 2.58. The second kappa shape index (κ2) is 5.61. The molecule has 0 aliphatic carbocycles. The summed E-state index contributed by atoms with van der Waals surface area (Å²) in [4.78, 5) is 27.4. The van der Waals surface area contributed by atoms with Crippen LogP contribution in [0.4, 0.5) is 5.13 Å². The molecule has 2 heterocycles. The maximum atomic E-state index is 12.2. The van der Waals surface area contributed by atoms with Gasteiger partial charge in [-0.15, -0.1) is 11.3 Å². The number of hydrogen-bond donors (Lipinski definition) is 1. The minimum absolute atomic E-state index is 0.212. The van der Waals surface area contributed by atoms with Crippen LogP contribution in [0.3, 0.4) is 0 Å². The van der Waals surface area contributed by atoms with Gasteiger partial charge in [-0.05, 0) is 12.1 Å². The van der Waals surface area contributed by atoms with Crippen molar-refractivity contribution in [3.8, 4) is 17.0 Å². The minimum Gasteiger partial charge on any atom is -0.493 e. The Kier molecular flexibility index (Phi) is 3.64. The number of carbonyl (C=O) groups is 1. The normalized spacial score (nSPS) is 10.6. The van der Waals surface area contributed by atoms with Crippen LogP contribution in [-0.2, 0) is 4.79 Å². The SMILES string of the molecule is COc1cccc2cc(-c3csc(NC(C)=O)n3)c(=O)oc12. The van der Waals surface area contributed by atoms with Crippen molar-refractivity contribution < 1.29 is 13.9 Å². The molecule has 0 aliphatic heterocycles. The Hall–Kier alpha value is -2.67. The van der Waals surface area contributed by atoms with Crippen molar-refractivity contribution in [2.75, 3.05) is 12.4 Å². The highest BCUT2D eigenvalue weighted by Crippen LogP contribution is 2.28. The van der Waals surface area contributed by atoms with Gasteiger partial charge in [-0.1, -0.05) is 12.1 Å². The molecule has 7 heteroatoms. The molecule has 3 rings (SSSR count). The lowest BCUT2D eigenvalue weighted by atomic mass is 10.1. The number of hydrogen-bond acceptors (Lipinski definition) is 6. The summed E-state index contributed by atoms with van der Waals surface area (Å²) >= 11 is 1.25. The Morgan fingerprint density at radius 1 is 1.41 bits per heavy atom. The van der Waals surface area contributed by atoms with Crippen LogP contribution in [0.15, 0.2) is 38.9 Å². The summed E-state index contributed by atoms with van der Waals surface area (Å²) in [6.07, 6.45) is 0. The number of benzene rings is 1. The van der Waals surface area contributed by atoms with Gasteiger partial charge in [0.25, 0.3) is 0 Å². The van der Waals surface area contributed by atoms with Crippen LogP contribution in [0.2, 0.25) is 0 Å². The van der Waals surface area contributed by atoms with E-state index in [0.717, 1.165) is 5.39 Å². The first-order chi connectivity index (χ1) is 10.6. The van der Waals surface area contributed by atoms with Crippen molar-refractivity contribution in [1.29, 1.82) is 0 Å². The molecule has 2 aromatic heterocycles. The number of aromatic nitrogens is 1. The summed E-state index contributed by atoms with van der Waals surface area (Å²) in [5.41, 5.74) is 0.702. The Morgan fingerprint density at radius 2 is 2.23 bits per heavy atom. The molecule has 0 atom stereocenters. The lowest BCUT2D eigenvalue weighted by Crippen LogP contribution is -2.06. The molecule has 112 valence electrons. The number of para-hydroxylation sites is 1. The average molecular weight is 316 g/mol. The number of nitrogens with zero attached hydrogens (tertiary/aromatic N) is 1. The minimum atomic E-state index is -0.503. The molecule has 3 aromatic rings. The lowest BCUT2D eigenvalue weighted by Gasteiger charge is -2.04. The van der Waals surface area contributed by atoms with Crippen LogP contribution < -0.4 is 15.7 Å². The molecule has 1 N–H and O–H groups in total. The van der Waals surface area contributed by atoms with Gasteiger partial charge in [-0.2, -0.15) is 0 Å². The van der Waals surface area contributed by atoms with Crippen LogP contribution in [0.1, 0.15) is 6.92 Å². The standard InChI is InChI=1S/C15H12N2O4S/c1-8(18)16-15-17-11(7-22-15)10-6-9-4-3-5-12(20-2)13(9)21-14(10)19/h3-7H,1-2H3,(H,16,17,18). The molecule has 1 aromatic carbocycles. The summed E-state index contributed by atoms with van der Waals surface area (Å²) in [5, 5.41) is 5.46. The number of anilines is 1. The zero-order chi connectivity index (χ0) is 15.7. The summed E-state index contributed by atoms with van der Waals surface area (Å²) in [7, 11) is 1.52. The molecule has 1 amide bonds. The molecule has 6 nitrogen and oxygen atoms in total. The van der Waals surface area contributed by atoms with Crippen molar-refractivity contribution in [3.05, 3.63) is 40.1 Å². The maximum absolute atomic E-state index is 12.2. The highest BCUT2D eigenvalue weighted by Gasteiger charge is 2.13. The number of thiazole rings is 1. The quantitative estimate of drug-likeness (QED) is 0.751. The number of methoxy groups -OCH3 is 1. The third-order valence-electron chi connectivity index (χ3n) is 3.01. The molecule has 0 saturated carbocycles. The van der Waals surface area contributed by atoms with Crippen LogP contribution in [0.5, 0.6) is 5.75 Å². The maximum Gasteiger partial charge on any atom is 0.345 e. The number of nitrogens with one attached hydrogen (secondary N) is 1. The van der Waals surface area contributed by atoms with Crippen molar-refractivity contribution in [1.82, 2.24) is 4.98 Å². The fraction of sp³-hybridized carbons (Fsp3) is 0.133. The van der Waals surface area contributed by atoms with Crippen molar-refractivity contribution >= 4 is 33.3 Å². The predicted molar refractivity (Wildman–Crippen MR) is 84.4 cm³/mol. The topological polar surface area (TPSA) is 81.4 Å². The number of ether oxygens (including phenoxy) is 1. The molecule has 0 radical (unpaired) electrons. The van der Waals surface area contributed by atoms with Crippen LogP contribution in [0, 0.1) is 0 Å². The number of amides is 1. The van der Waals surface area contributed by atoms with Crippen molar-refractivity contribution in [3.63, 3.8) is 0 Å². The van der Waals surface area contributed by atoms with Crippen LogP contribution in [0.25, 0.3) is 22.2 Å². The van der Waals surface area contributed by atoms with Crippen LogP contribution in [-0.4, -0.2) is 18.0 Å². The molecule has 22 heavy (non-hydrogen) atoms. The van der Waals surface area contributed by atoms with Gasteiger partial charge >= 0.3 is 5.63 Å². The van der Waals surface area contributed by atoms with E-state index in [1.54, 1.807) is 17.5 Å². The van der Waals surface area contributed by atoms with E-state index in [-0.39, 0.29) is 5.91 Å². The first-order valence-electron chi connectivity index (χ1n) is 6.43. The summed E-state index contributed by atoms with van der Waals surface area (Å²) < 4.78 is 10.5. The van der Waals surface area contributed by atoms with Gasteiger partial charge in [-0.3, -0.25) is 4.79 Å². The molecular formula is C15H12N2O4S. The fourth-order valence-corrected chi connectivity index (χ4v) is 2.82. The van der Waals surface area contributed by atoms with E-state index in [2.05, 4.69) is 10.3 Å². The summed E-state index contributed by atoms with van der Waals surface area (Å²) in [6.45, 7) is 1.40. The Bertz CT molecular complexity index is 913.